The maximum Gasteiger partial charge on any atom is 0.271 e. The molecule has 148 valence electrons. The molecule has 0 saturated carbocycles. The van der Waals surface area contributed by atoms with Crippen molar-refractivity contribution in [3.05, 3.63) is 59.7 Å². The lowest BCUT2D eigenvalue weighted by atomic mass is 10.2. The molecule has 0 fully saturated rings. The second-order valence-corrected chi connectivity index (χ2v) is 6.34. The highest BCUT2D eigenvalue weighted by atomic mass is 16.2. The van der Waals surface area contributed by atoms with E-state index in [1.165, 1.54) is 0 Å². The molecule has 2 aromatic carbocycles. The highest BCUT2D eigenvalue weighted by molar-refractivity contribution is 5.96. The summed E-state index contributed by atoms with van der Waals surface area (Å²) in [6, 6.07) is 14.8. The van der Waals surface area contributed by atoms with Gasteiger partial charge in [-0.2, -0.15) is 5.10 Å². The van der Waals surface area contributed by atoms with Crippen molar-refractivity contribution in [1.82, 2.24) is 5.43 Å². The van der Waals surface area contributed by atoms with Crippen LogP contribution in [0.3, 0.4) is 0 Å². The van der Waals surface area contributed by atoms with E-state index in [0.29, 0.717) is 17.7 Å². The van der Waals surface area contributed by atoms with E-state index < -0.39 is 0 Å². The van der Waals surface area contributed by atoms with Crippen LogP contribution in [0, 0.1) is 0 Å². The van der Waals surface area contributed by atoms with E-state index in [2.05, 4.69) is 34.6 Å². The smallest absolute Gasteiger partial charge is 0.271 e. The molecular formula is C22H28N4O2. The zero-order valence-corrected chi connectivity index (χ0v) is 16.7. The fourth-order valence-electron chi connectivity index (χ4n) is 2.75. The molecule has 0 aliphatic heterocycles. The number of carbonyl (C=O) groups excluding carboxylic acids is 2. The minimum atomic E-state index is -0.303. The highest BCUT2D eigenvalue weighted by Crippen LogP contribution is 2.14. The standard InChI is InChI=1S/C22H28N4O2/c1-4-7-21(27)24-19-12-10-18(11-13-19)22(28)25-23-16-17-8-14-20(15-9-17)26(5-2)6-3/h8-16H,4-7H2,1-3H3,(H,24,27)(H,25,28)/b23-16+. The molecule has 0 aliphatic carbocycles. The Labute approximate surface area is 166 Å². The Hall–Kier alpha value is -3.15. The average Bonchev–Trinajstić information content (AvgIpc) is 2.70. The van der Waals surface area contributed by atoms with Gasteiger partial charge in [0.05, 0.1) is 6.21 Å². The van der Waals surface area contributed by atoms with E-state index in [-0.39, 0.29) is 11.8 Å². The monoisotopic (exact) mass is 380 g/mol. The zero-order valence-electron chi connectivity index (χ0n) is 16.7. The van der Waals surface area contributed by atoms with E-state index in [0.717, 1.165) is 30.8 Å². The molecule has 0 unspecified atom stereocenters. The second-order valence-electron chi connectivity index (χ2n) is 6.34. The molecule has 6 heteroatoms. The molecule has 0 saturated heterocycles. The highest BCUT2D eigenvalue weighted by Gasteiger charge is 2.06. The normalized spacial score (nSPS) is 10.7. The van der Waals surface area contributed by atoms with Crippen LogP contribution in [0.2, 0.25) is 0 Å². The number of hydrogen-bond acceptors (Lipinski definition) is 4. The van der Waals surface area contributed by atoms with Crippen LogP contribution in [-0.4, -0.2) is 31.1 Å². The number of hydrazone groups is 1. The van der Waals surface area contributed by atoms with Gasteiger partial charge in [-0.25, -0.2) is 5.43 Å². The first kappa shape index (κ1) is 21.2. The zero-order chi connectivity index (χ0) is 20.4. The summed E-state index contributed by atoms with van der Waals surface area (Å²) >= 11 is 0. The van der Waals surface area contributed by atoms with Crippen LogP contribution in [0.15, 0.2) is 53.6 Å². The van der Waals surface area contributed by atoms with Crippen LogP contribution in [0.4, 0.5) is 11.4 Å². The van der Waals surface area contributed by atoms with Gasteiger partial charge in [-0.1, -0.05) is 19.1 Å². The first-order valence-electron chi connectivity index (χ1n) is 9.65. The largest absolute Gasteiger partial charge is 0.372 e. The summed E-state index contributed by atoms with van der Waals surface area (Å²) in [5, 5.41) is 6.81. The van der Waals surface area contributed by atoms with Crippen molar-refractivity contribution < 1.29 is 9.59 Å². The third-order valence-electron chi connectivity index (χ3n) is 4.31. The molecule has 0 radical (unpaired) electrons. The van der Waals surface area contributed by atoms with Crippen LogP contribution in [-0.2, 0) is 4.79 Å². The lowest BCUT2D eigenvalue weighted by molar-refractivity contribution is -0.116. The number of nitrogens with zero attached hydrogens (tertiary/aromatic N) is 2. The molecule has 2 rings (SSSR count). The molecular weight excluding hydrogens is 352 g/mol. The van der Waals surface area contributed by atoms with E-state index in [1.807, 2.05) is 31.2 Å². The van der Waals surface area contributed by atoms with Crippen molar-refractivity contribution in [3.8, 4) is 0 Å². The number of nitrogens with one attached hydrogen (secondary N) is 2. The summed E-state index contributed by atoms with van der Waals surface area (Å²) in [5.74, 6) is -0.334. The topological polar surface area (TPSA) is 73.8 Å². The first-order valence-corrected chi connectivity index (χ1v) is 9.65. The number of hydrogen-bond donors (Lipinski definition) is 2. The van der Waals surface area contributed by atoms with Crippen molar-refractivity contribution in [3.63, 3.8) is 0 Å². The van der Waals surface area contributed by atoms with Crippen LogP contribution >= 0.6 is 0 Å². The molecule has 0 aromatic heterocycles. The van der Waals surface area contributed by atoms with Crippen molar-refractivity contribution in [2.24, 2.45) is 5.10 Å². The molecule has 2 amide bonds. The van der Waals surface area contributed by atoms with Gasteiger partial charge in [0.15, 0.2) is 0 Å². The minimum Gasteiger partial charge on any atom is -0.372 e. The Morgan fingerprint density at radius 1 is 0.964 bits per heavy atom. The van der Waals surface area contributed by atoms with Gasteiger partial charge in [0.25, 0.3) is 5.91 Å². The molecule has 0 heterocycles. The van der Waals surface area contributed by atoms with Gasteiger partial charge in [0, 0.05) is 36.4 Å². The van der Waals surface area contributed by atoms with Gasteiger partial charge in [-0.3, -0.25) is 9.59 Å². The van der Waals surface area contributed by atoms with E-state index in [1.54, 1.807) is 30.5 Å². The van der Waals surface area contributed by atoms with Gasteiger partial charge in [0.2, 0.25) is 5.91 Å². The number of benzene rings is 2. The fraction of sp³-hybridized carbons (Fsp3) is 0.318. The quantitative estimate of drug-likeness (QED) is 0.509. The van der Waals surface area contributed by atoms with E-state index in [9.17, 15) is 9.59 Å². The summed E-state index contributed by atoms with van der Waals surface area (Å²) in [6.07, 6.45) is 2.89. The molecule has 2 N–H and O–H groups in total. The molecule has 0 bridgehead atoms. The van der Waals surface area contributed by atoms with Gasteiger partial charge >= 0.3 is 0 Å². The number of amides is 2. The molecule has 2 aromatic rings. The summed E-state index contributed by atoms with van der Waals surface area (Å²) in [7, 11) is 0. The summed E-state index contributed by atoms with van der Waals surface area (Å²) in [6.45, 7) is 8.12. The number of carbonyl (C=O) groups is 2. The van der Waals surface area contributed by atoms with Crippen LogP contribution < -0.4 is 15.6 Å². The van der Waals surface area contributed by atoms with Crippen LogP contribution in [0.5, 0.6) is 0 Å². The molecule has 0 aliphatic rings. The maximum absolute atomic E-state index is 12.2. The lowest BCUT2D eigenvalue weighted by Crippen LogP contribution is -2.21. The van der Waals surface area contributed by atoms with Gasteiger partial charge in [0.1, 0.15) is 0 Å². The van der Waals surface area contributed by atoms with Crippen molar-refractivity contribution in [1.29, 1.82) is 0 Å². The van der Waals surface area contributed by atoms with Crippen molar-refractivity contribution in [2.75, 3.05) is 23.3 Å². The second kappa shape index (κ2) is 10.9. The van der Waals surface area contributed by atoms with Crippen LogP contribution in [0.1, 0.15) is 49.5 Å². The first-order chi connectivity index (χ1) is 13.6. The van der Waals surface area contributed by atoms with Gasteiger partial charge in [-0.15, -0.1) is 0 Å². The Kier molecular flexibility index (Phi) is 8.21. The van der Waals surface area contributed by atoms with Gasteiger partial charge < -0.3 is 10.2 Å². The Morgan fingerprint density at radius 2 is 1.61 bits per heavy atom. The van der Waals surface area contributed by atoms with Gasteiger partial charge in [-0.05, 0) is 62.2 Å². The van der Waals surface area contributed by atoms with Crippen molar-refractivity contribution in [2.45, 2.75) is 33.6 Å². The Morgan fingerprint density at radius 3 is 2.18 bits per heavy atom. The predicted molar refractivity (Wildman–Crippen MR) is 115 cm³/mol. The van der Waals surface area contributed by atoms with E-state index >= 15 is 0 Å². The summed E-state index contributed by atoms with van der Waals surface area (Å²) < 4.78 is 0. The summed E-state index contributed by atoms with van der Waals surface area (Å²) in [5.41, 5.74) is 5.74. The SMILES string of the molecule is CCCC(=O)Nc1ccc(C(=O)N/N=C/c2ccc(N(CC)CC)cc2)cc1. The third-order valence-corrected chi connectivity index (χ3v) is 4.31. The average molecular weight is 380 g/mol. The van der Waals surface area contributed by atoms with Crippen molar-refractivity contribution >= 4 is 29.4 Å². The minimum absolute atomic E-state index is 0.0312. The van der Waals surface area contributed by atoms with Crippen LogP contribution in [0.25, 0.3) is 0 Å². The number of rotatable bonds is 9. The third kappa shape index (κ3) is 6.23. The molecule has 28 heavy (non-hydrogen) atoms. The lowest BCUT2D eigenvalue weighted by Gasteiger charge is -2.20. The fourth-order valence-corrected chi connectivity index (χ4v) is 2.75. The molecule has 6 nitrogen and oxygen atoms in total. The molecule has 0 spiro atoms. The number of anilines is 2. The predicted octanol–water partition coefficient (Wildman–Crippen LogP) is 4.04. The Balaban J connectivity index is 1.90. The summed E-state index contributed by atoms with van der Waals surface area (Å²) in [4.78, 5) is 26.0. The van der Waals surface area contributed by atoms with E-state index in [4.69, 9.17) is 0 Å². The Bertz CT molecular complexity index is 794. The maximum atomic E-state index is 12.2. The molecule has 0 atom stereocenters.